The van der Waals surface area contributed by atoms with Crippen LogP contribution in [0, 0.1) is 6.92 Å². The van der Waals surface area contributed by atoms with Crippen molar-refractivity contribution < 1.29 is 4.79 Å². The lowest BCUT2D eigenvalue weighted by molar-refractivity contribution is -0.116. The highest BCUT2D eigenvalue weighted by Gasteiger charge is 2.07. The van der Waals surface area contributed by atoms with E-state index in [-0.39, 0.29) is 5.91 Å². The molecule has 2 aromatic carbocycles. The molecule has 0 radical (unpaired) electrons. The topological polar surface area (TPSA) is 32.3 Å². The Hall–Kier alpha value is -1.84. The van der Waals surface area contributed by atoms with Crippen LogP contribution < -0.4 is 5.32 Å². The Bertz CT molecular complexity index is 628. The molecule has 0 spiro atoms. The third-order valence-electron chi connectivity index (χ3n) is 3.48. The van der Waals surface area contributed by atoms with Gasteiger partial charge in [-0.3, -0.25) is 4.79 Å². The van der Waals surface area contributed by atoms with Crippen molar-refractivity contribution in [3.63, 3.8) is 0 Å². The fraction of sp³-hybridized carbons (Fsp3) is 0.278. The second-order valence-corrected chi connectivity index (χ2v) is 5.92. The maximum Gasteiger partial charge on any atom is 0.225 e. The number of carbonyl (C=O) groups excluding carboxylic acids is 1. The molecule has 116 valence electrons. The number of hydrogen-bond acceptors (Lipinski definition) is 2. The van der Waals surface area contributed by atoms with Gasteiger partial charge in [-0.2, -0.15) is 0 Å². The lowest BCUT2D eigenvalue weighted by Crippen LogP contribution is -2.24. The smallest absolute Gasteiger partial charge is 0.225 e. The van der Waals surface area contributed by atoms with Crippen LogP contribution in [-0.4, -0.2) is 24.4 Å². The monoisotopic (exact) mass is 316 g/mol. The first-order valence-electron chi connectivity index (χ1n) is 7.33. The third-order valence-corrected chi connectivity index (χ3v) is 3.71. The van der Waals surface area contributed by atoms with E-state index in [1.165, 1.54) is 5.56 Å². The molecule has 0 aliphatic carbocycles. The van der Waals surface area contributed by atoms with Crippen LogP contribution in [0.25, 0.3) is 0 Å². The maximum atomic E-state index is 12.0. The number of carbonyl (C=O) groups is 1. The Kier molecular flexibility index (Phi) is 5.99. The quantitative estimate of drug-likeness (QED) is 0.870. The summed E-state index contributed by atoms with van der Waals surface area (Å²) in [7, 11) is 2.02. The molecular formula is C18H21ClN2O. The van der Waals surface area contributed by atoms with Crippen LogP contribution in [0.5, 0.6) is 0 Å². The van der Waals surface area contributed by atoms with E-state index in [1.54, 1.807) is 6.07 Å². The van der Waals surface area contributed by atoms with Gasteiger partial charge >= 0.3 is 0 Å². The summed E-state index contributed by atoms with van der Waals surface area (Å²) >= 11 is 5.91. The Balaban J connectivity index is 1.80. The van der Waals surface area contributed by atoms with Crippen molar-refractivity contribution in [2.45, 2.75) is 19.9 Å². The molecule has 0 heterocycles. The summed E-state index contributed by atoms with van der Waals surface area (Å²) in [5.41, 5.74) is 3.04. The molecular weight excluding hydrogens is 296 g/mol. The average molecular weight is 317 g/mol. The van der Waals surface area contributed by atoms with E-state index in [0.29, 0.717) is 18.0 Å². The molecule has 4 heteroatoms. The van der Waals surface area contributed by atoms with E-state index in [4.69, 9.17) is 11.6 Å². The first-order valence-corrected chi connectivity index (χ1v) is 7.71. The van der Waals surface area contributed by atoms with Crippen molar-refractivity contribution in [1.29, 1.82) is 0 Å². The number of nitrogens with zero attached hydrogens (tertiary/aromatic N) is 1. The van der Waals surface area contributed by atoms with Crippen LogP contribution in [0.15, 0.2) is 48.5 Å². The minimum atomic E-state index is 0.0188. The van der Waals surface area contributed by atoms with Gasteiger partial charge < -0.3 is 10.2 Å². The van der Waals surface area contributed by atoms with Gasteiger partial charge in [-0.1, -0.05) is 41.9 Å². The van der Waals surface area contributed by atoms with Crippen molar-refractivity contribution >= 4 is 23.2 Å². The van der Waals surface area contributed by atoms with Crippen LogP contribution in [0.1, 0.15) is 17.5 Å². The van der Waals surface area contributed by atoms with Crippen LogP contribution in [0.4, 0.5) is 5.69 Å². The summed E-state index contributed by atoms with van der Waals surface area (Å²) in [5, 5.41) is 3.61. The first-order chi connectivity index (χ1) is 10.5. The highest BCUT2D eigenvalue weighted by atomic mass is 35.5. The van der Waals surface area contributed by atoms with Gasteiger partial charge in [0, 0.05) is 30.2 Å². The Labute approximate surface area is 136 Å². The Morgan fingerprint density at radius 3 is 2.59 bits per heavy atom. The molecule has 0 aromatic heterocycles. The standard InChI is InChI=1S/C18H21ClN2O/c1-14-12-16(19)8-9-17(14)20-18(22)10-11-21(2)13-15-6-4-3-5-7-15/h3-9,12H,10-11,13H2,1-2H3,(H,20,22). The van der Waals surface area contributed by atoms with Crippen LogP contribution in [0.2, 0.25) is 5.02 Å². The first kappa shape index (κ1) is 16.5. The lowest BCUT2D eigenvalue weighted by Gasteiger charge is -2.16. The second kappa shape index (κ2) is 7.97. The molecule has 0 atom stereocenters. The molecule has 0 unspecified atom stereocenters. The van der Waals surface area contributed by atoms with E-state index in [9.17, 15) is 4.79 Å². The molecule has 1 amide bonds. The number of anilines is 1. The summed E-state index contributed by atoms with van der Waals surface area (Å²) in [6.45, 7) is 3.49. The molecule has 3 nitrogen and oxygen atoms in total. The molecule has 1 N–H and O–H groups in total. The van der Waals surface area contributed by atoms with E-state index >= 15 is 0 Å². The fourth-order valence-corrected chi connectivity index (χ4v) is 2.47. The van der Waals surface area contributed by atoms with Crippen molar-refractivity contribution in [1.82, 2.24) is 4.90 Å². The minimum Gasteiger partial charge on any atom is -0.326 e. The summed E-state index contributed by atoms with van der Waals surface area (Å²) < 4.78 is 0. The predicted octanol–water partition coefficient (Wildman–Crippen LogP) is 4.11. The van der Waals surface area contributed by atoms with Gasteiger partial charge in [0.05, 0.1) is 0 Å². The van der Waals surface area contributed by atoms with Crippen molar-refractivity contribution in [3.8, 4) is 0 Å². The molecule has 0 saturated carbocycles. The average Bonchev–Trinajstić information content (AvgIpc) is 2.49. The molecule has 0 bridgehead atoms. The molecule has 2 rings (SSSR count). The van der Waals surface area contributed by atoms with Gasteiger partial charge in [-0.25, -0.2) is 0 Å². The molecule has 0 aliphatic heterocycles. The van der Waals surface area contributed by atoms with Gasteiger partial charge in [0.1, 0.15) is 0 Å². The van der Waals surface area contributed by atoms with E-state index < -0.39 is 0 Å². The van der Waals surface area contributed by atoms with Gasteiger partial charge in [0.25, 0.3) is 0 Å². The van der Waals surface area contributed by atoms with Gasteiger partial charge in [-0.15, -0.1) is 0 Å². The zero-order valence-corrected chi connectivity index (χ0v) is 13.7. The van der Waals surface area contributed by atoms with Crippen LogP contribution in [-0.2, 0) is 11.3 Å². The second-order valence-electron chi connectivity index (χ2n) is 5.48. The fourth-order valence-electron chi connectivity index (χ4n) is 2.25. The number of hydrogen-bond donors (Lipinski definition) is 1. The molecule has 0 fully saturated rings. The molecule has 2 aromatic rings. The molecule has 0 aliphatic rings. The maximum absolute atomic E-state index is 12.0. The summed E-state index contributed by atoms with van der Waals surface area (Å²) in [6, 6.07) is 15.7. The van der Waals surface area contributed by atoms with Crippen molar-refractivity contribution in [3.05, 3.63) is 64.7 Å². The van der Waals surface area contributed by atoms with Gasteiger partial charge in [-0.05, 0) is 43.3 Å². The molecule has 22 heavy (non-hydrogen) atoms. The largest absolute Gasteiger partial charge is 0.326 e. The van der Waals surface area contributed by atoms with Crippen molar-refractivity contribution in [2.75, 3.05) is 18.9 Å². The van der Waals surface area contributed by atoms with E-state index in [1.807, 2.05) is 44.3 Å². The van der Waals surface area contributed by atoms with Gasteiger partial charge in [0.15, 0.2) is 0 Å². The number of nitrogens with one attached hydrogen (secondary N) is 1. The number of halogens is 1. The normalized spacial score (nSPS) is 10.7. The zero-order valence-electron chi connectivity index (χ0n) is 13.0. The SMILES string of the molecule is Cc1cc(Cl)ccc1NC(=O)CCN(C)Cc1ccccc1. The predicted molar refractivity (Wildman–Crippen MR) is 92.2 cm³/mol. The van der Waals surface area contributed by atoms with Crippen LogP contribution in [0.3, 0.4) is 0 Å². The number of aryl methyl sites for hydroxylation is 1. The summed E-state index contributed by atoms with van der Waals surface area (Å²) in [6.07, 6.45) is 0.464. The highest BCUT2D eigenvalue weighted by molar-refractivity contribution is 6.30. The highest BCUT2D eigenvalue weighted by Crippen LogP contribution is 2.19. The number of amides is 1. The summed E-state index contributed by atoms with van der Waals surface area (Å²) in [5.74, 6) is 0.0188. The van der Waals surface area contributed by atoms with Crippen LogP contribution >= 0.6 is 11.6 Å². The minimum absolute atomic E-state index is 0.0188. The third kappa shape index (κ3) is 5.17. The van der Waals surface area contributed by atoms with E-state index in [2.05, 4.69) is 22.3 Å². The Morgan fingerprint density at radius 1 is 1.18 bits per heavy atom. The zero-order chi connectivity index (χ0) is 15.9. The number of rotatable bonds is 6. The Morgan fingerprint density at radius 2 is 1.91 bits per heavy atom. The van der Waals surface area contributed by atoms with Crippen molar-refractivity contribution in [2.24, 2.45) is 0 Å². The number of benzene rings is 2. The molecule has 0 saturated heterocycles. The van der Waals surface area contributed by atoms with E-state index in [0.717, 1.165) is 17.8 Å². The van der Waals surface area contributed by atoms with Gasteiger partial charge in [0.2, 0.25) is 5.91 Å². The lowest BCUT2D eigenvalue weighted by atomic mass is 10.2. The summed E-state index contributed by atoms with van der Waals surface area (Å²) in [4.78, 5) is 14.2.